The first-order valence-corrected chi connectivity index (χ1v) is 5.55. The van der Waals surface area contributed by atoms with Gasteiger partial charge >= 0.3 is 0 Å². The van der Waals surface area contributed by atoms with Crippen LogP contribution < -0.4 is 5.73 Å². The van der Waals surface area contributed by atoms with Gasteiger partial charge in [-0.3, -0.25) is 4.79 Å². The van der Waals surface area contributed by atoms with Gasteiger partial charge in [0.2, 0.25) is 0 Å². The van der Waals surface area contributed by atoms with Crippen LogP contribution >= 0.6 is 0 Å². The van der Waals surface area contributed by atoms with Crippen molar-refractivity contribution < 1.29 is 14.7 Å². The number of amides is 1. The summed E-state index contributed by atoms with van der Waals surface area (Å²) in [5.74, 6) is -0.0418. The molecule has 0 aromatic rings. The summed E-state index contributed by atoms with van der Waals surface area (Å²) in [4.78, 5) is 13.5. The van der Waals surface area contributed by atoms with E-state index in [9.17, 15) is 4.79 Å². The van der Waals surface area contributed by atoms with Crippen molar-refractivity contribution in [2.45, 2.75) is 32.3 Å². The van der Waals surface area contributed by atoms with E-state index >= 15 is 0 Å². The van der Waals surface area contributed by atoms with E-state index in [0.717, 1.165) is 19.3 Å². The quantitative estimate of drug-likeness (QED) is 0.311. The molecule has 1 rings (SSSR count). The number of oxime groups is 1. The monoisotopic (exact) mass is 229 g/mol. The minimum Gasteiger partial charge on any atom is -0.409 e. The lowest BCUT2D eigenvalue weighted by Gasteiger charge is -2.28. The standard InChI is InChI=1S/C10H19N3O3/c1-2-13(7-9(11)12-15)10(14)8-5-3-4-6-16-8/h8,15H,2-7H2,1H3,(H2,11,12). The van der Waals surface area contributed by atoms with E-state index in [-0.39, 0.29) is 24.4 Å². The summed E-state index contributed by atoms with van der Waals surface area (Å²) in [6, 6.07) is 0. The SMILES string of the molecule is CCN(CC(N)=NO)C(=O)C1CCCCO1. The summed E-state index contributed by atoms with van der Waals surface area (Å²) in [6.45, 7) is 3.16. The van der Waals surface area contributed by atoms with Crippen LogP contribution in [0.15, 0.2) is 5.16 Å². The van der Waals surface area contributed by atoms with Crippen molar-refractivity contribution in [1.29, 1.82) is 0 Å². The Kier molecular flexibility index (Phi) is 5.04. The minimum atomic E-state index is -0.361. The fraction of sp³-hybridized carbons (Fsp3) is 0.800. The lowest BCUT2D eigenvalue weighted by molar-refractivity contribution is -0.145. The van der Waals surface area contributed by atoms with Crippen LogP contribution in [0.2, 0.25) is 0 Å². The highest BCUT2D eigenvalue weighted by molar-refractivity contribution is 5.88. The maximum atomic E-state index is 12.0. The Labute approximate surface area is 95.0 Å². The number of carbonyl (C=O) groups excluding carboxylic acids is 1. The molecule has 1 atom stereocenters. The van der Waals surface area contributed by atoms with Gasteiger partial charge in [-0.15, -0.1) is 0 Å². The molecule has 6 heteroatoms. The van der Waals surface area contributed by atoms with Gasteiger partial charge in [0.1, 0.15) is 6.10 Å². The smallest absolute Gasteiger partial charge is 0.252 e. The predicted octanol–water partition coefficient (Wildman–Crippen LogP) is 0.150. The molecule has 0 aliphatic carbocycles. The Morgan fingerprint density at radius 1 is 1.62 bits per heavy atom. The lowest BCUT2D eigenvalue weighted by atomic mass is 10.1. The van der Waals surface area contributed by atoms with Gasteiger partial charge in [0, 0.05) is 13.2 Å². The third-order valence-electron chi connectivity index (χ3n) is 2.63. The number of hydrogen-bond donors (Lipinski definition) is 2. The van der Waals surface area contributed by atoms with E-state index in [4.69, 9.17) is 15.7 Å². The van der Waals surface area contributed by atoms with E-state index in [0.29, 0.717) is 13.2 Å². The molecular formula is C10H19N3O3. The molecule has 0 aromatic heterocycles. The zero-order valence-electron chi connectivity index (χ0n) is 9.56. The predicted molar refractivity (Wildman–Crippen MR) is 59.3 cm³/mol. The Morgan fingerprint density at radius 2 is 2.38 bits per heavy atom. The van der Waals surface area contributed by atoms with Crippen LogP contribution in [0, 0.1) is 0 Å². The molecule has 0 bridgehead atoms. The van der Waals surface area contributed by atoms with Crippen LogP contribution in [0.4, 0.5) is 0 Å². The molecule has 6 nitrogen and oxygen atoms in total. The molecule has 1 aliphatic rings. The molecule has 1 amide bonds. The van der Waals surface area contributed by atoms with Crippen LogP contribution in [0.5, 0.6) is 0 Å². The maximum Gasteiger partial charge on any atom is 0.252 e. The largest absolute Gasteiger partial charge is 0.409 e. The fourth-order valence-corrected chi connectivity index (χ4v) is 1.71. The van der Waals surface area contributed by atoms with Crippen LogP contribution in [0.25, 0.3) is 0 Å². The highest BCUT2D eigenvalue weighted by atomic mass is 16.5. The third kappa shape index (κ3) is 3.37. The first-order valence-electron chi connectivity index (χ1n) is 5.55. The van der Waals surface area contributed by atoms with Crippen molar-refractivity contribution in [3.63, 3.8) is 0 Å². The number of amidine groups is 1. The minimum absolute atomic E-state index is 0.0333. The van der Waals surface area contributed by atoms with Crippen molar-refractivity contribution in [2.24, 2.45) is 10.9 Å². The third-order valence-corrected chi connectivity index (χ3v) is 2.63. The molecule has 0 saturated carbocycles. The lowest BCUT2D eigenvalue weighted by Crippen LogP contribution is -2.45. The van der Waals surface area contributed by atoms with Gasteiger partial charge in [-0.2, -0.15) is 0 Å². The second-order valence-corrected chi connectivity index (χ2v) is 3.80. The van der Waals surface area contributed by atoms with E-state index in [2.05, 4.69) is 5.16 Å². The topological polar surface area (TPSA) is 88.1 Å². The summed E-state index contributed by atoms with van der Waals surface area (Å²) in [7, 11) is 0. The van der Waals surface area contributed by atoms with Crippen LogP contribution in [-0.4, -0.2) is 47.7 Å². The van der Waals surface area contributed by atoms with Crippen molar-refractivity contribution in [3.8, 4) is 0 Å². The fourth-order valence-electron chi connectivity index (χ4n) is 1.71. The first kappa shape index (κ1) is 12.8. The summed E-state index contributed by atoms with van der Waals surface area (Å²) in [6.07, 6.45) is 2.42. The number of nitrogens with two attached hydrogens (primary N) is 1. The Balaban J connectivity index is 2.54. The molecular weight excluding hydrogens is 210 g/mol. The first-order chi connectivity index (χ1) is 7.69. The van der Waals surface area contributed by atoms with Crippen molar-refractivity contribution in [3.05, 3.63) is 0 Å². The van der Waals surface area contributed by atoms with Gasteiger partial charge in [-0.05, 0) is 26.2 Å². The second-order valence-electron chi connectivity index (χ2n) is 3.80. The van der Waals surface area contributed by atoms with Crippen molar-refractivity contribution >= 4 is 11.7 Å². The molecule has 3 N–H and O–H groups in total. The Bertz CT molecular complexity index is 262. The number of nitrogens with zero attached hydrogens (tertiary/aromatic N) is 2. The van der Waals surface area contributed by atoms with E-state index in [1.165, 1.54) is 4.90 Å². The Morgan fingerprint density at radius 3 is 2.88 bits per heavy atom. The van der Waals surface area contributed by atoms with Gasteiger partial charge in [0.15, 0.2) is 5.84 Å². The van der Waals surface area contributed by atoms with Crippen LogP contribution in [0.3, 0.4) is 0 Å². The highest BCUT2D eigenvalue weighted by Gasteiger charge is 2.26. The highest BCUT2D eigenvalue weighted by Crippen LogP contribution is 2.14. The van der Waals surface area contributed by atoms with E-state index < -0.39 is 0 Å². The molecule has 1 heterocycles. The van der Waals surface area contributed by atoms with Crippen molar-refractivity contribution in [2.75, 3.05) is 19.7 Å². The molecule has 0 aromatic carbocycles. The second kappa shape index (κ2) is 6.32. The summed E-state index contributed by atoms with van der Waals surface area (Å²) in [5, 5.41) is 11.3. The average molecular weight is 229 g/mol. The van der Waals surface area contributed by atoms with Gasteiger partial charge in [-0.25, -0.2) is 0 Å². The van der Waals surface area contributed by atoms with E-state index in [1.807, 2.05) is 6.92 Å². The van der Waals surface area contributed by atoms with Crippen LogP contribution in [-0.2, 0) is 9.53 Å². The number of hydrogen-bond acceptors (Lipinski definition) is 4. The number of rotatable bonds is 4. The summed E-state index contributed by atoms with van der Waals surface area (Å²) in [5.41, 5.74) is 5.38. The molecule has 92 valence electrons. The van der Waals surface area contributed by atoms with Gasteiger partial charge < -0.3 is 20.6 Å². The summed E-state index contributed by atoms with van der Waals surface area (Å²) >= 11 is 0. The van der Waals surface area contributed by atoms with Crippen LogP contribution in [0.1, 0.15) is 26.2 Å². The molecule has 0 radical (unpaired) electrons. The Hall–Kier alpha value is -1.30. The number of ether oxygens (including phenoxy) is 1. The van der Waals surface area contributed by atoms with Crippen molar-refractivity contribution in [1.82, 2.24) is 4.90 Å². The molecule has 16 heavy (non-hydrogen) atoms. The van der Waals surface area contributed by atoms with Gasteiger partial charge in [0.25, 0.3) is 5.91 Å². The molecule has 1 saturated heterocycles. The maximum absolute atomic E-state index is 12.0. The van der Waals surface area contributed by atoms with E-state index in [1.54, 1.807) is 0 Å². The van der Waals surface area contributed by atoms with Gasteiger partial charge in [-0.1, -0.05) is 5.16 Å². The number of likely N-dealkylation sites (N-methyl/N-ethyl adjacent to an activating group) is 1. The number of carbonyl (C=O) groups is 1. The molecule has 1 fully saturated rings. The molecule has 1 aliphatic heterocycles. The average Bonchev–Trinajstić information content (AvgIpc) is 2.35. The zero-order valence-corrected chi connectivity index (χ0v) is 9.56. The molecule has 1 unspecified atom stereocenters. The zero-order chi connectivity index (χ0) is 12.0. The molecule has 0 spiro atoms. The van der Waals surface area contributed by atoms with Gasteiger partial charge in [0.05, 0.1) is 6.54 Å². The normalized spacial score (nSPS) is 21.8. The summed E-state index contributed by atoms with van der Waals surface area (Å²) < 4.78 is 5.40.